The molecule has 0 bridgehead atoms. The van der Waals surface area contributed by atoms with E-state index in [1.807, 2.05) is 62.4 Å². The minimum Gasteiger partial charge on any atom is -0.468 e. The van der Waals surface area contributed by atoms with Crippen LogP contribution in [0.1, 0.15) is 35.3 Å². The number of dihydropyridines is 1. The maximum absolute atomic E-state index is 13.6. The largest absolute Gasteiger partial charge is 0.468 e. The number of hydrogen-bond acceptors (Lipinski definition) is 6. The van der Waals surface area contributed by atoms with E-state index in [4.69, 9.17) is 4.42 Å². The lowest BCUT2D eigenvalue weighted by Gasteiger charge is -2.28. The third-order valence-corrected chi connectivity index (χ3v) is 7.14. The van der Waals surface area contributed by atoms with Crippen molar-refractivity contribution >= 4 is 29.3 Å². The molecule has 0 saturated heterocycles. The van der Waals surface area contributed by atoms with Gasteiger partial charge in [-0.2, -0.15) is 5.26 Å². The molecule has 1 unspecified atom stereocenters. The van der Waals surface area contributed by atoms with Gasteiger partial charge in [0, 0.05) is 17.9 Å². The number of anilines is 1. The molecule has 0 radical (unpaired) electrons. The molecular weight excluding hydrogens is 484 g/mol. The number of hydrogen-bond donors (Lipinski definition) is 3. The molecule has 0 aliphatic carbocycles. The third-order valence-electron chi connectivity index (χ3n) is 6.12. The number of nitrogens with one attached hydrogen (secondary N) is 3. The molecule has 2 heterocycles. The predicted octanol–water partition coefficient (Wildman–Crippen LogP) is 5.28. The number of thioether (sulfide) groups is 1. The molecule has 0 saturated carbocycles. The van der Waals surface area contributed by atoms with Crippen molar-refractivity contribution in [2.75, 3.05) is 11.1 Å². The van der Waals surface area contributed by atoms with Crippen molar-refractivity contribution < 1.29 is 14.0 Å². The molecule has 1 aliphatic heterocycles. The first kappa shape index (κ1) is 25.9. The molecule has 0 spiro atoms. The molecule has 1 aromatic heterocycles. The summed E-state index contributed by atoms with van der Waals surface area (Å²) in [5, 5.41) is 19.8. The number of aryl methyl sites for hydroxylation is 2. The summed E-state index contributed by atoms with van der Waals surface area (Å²) in [7, 11) is 0. The minimum absolute atomic E-state index is 0.114. The lowest BCUT2D eigenvalue weighted by atomic mass is 9.85. The Labute approximate surface area is 220 Å². The van der Waals surface area contributed by atoms with E-state index in [0.29, 0.717) is 34.2 Å². The van der Waals surface area contributed by atoms with Gasteiger partial charge in [-0.1, -0.05) is 60.3 Å². The van der Waals surface area contributed by atoms with Gasteiger partial charge in [0.25, 0.3) is 5.91 Å². The van der Waals surface area contributed by atoms with Crippen LogP contribution in [0.4, 0.5) is 5.69 Å². The molecule has 4 rings (SSSR count). The SMILES string of the molecule is CC1=C(C(=O)Nc2c(C)cccc2C)C(c2ccco2)C(C#N)=C(SCC(=O)NCc2ccccc2)N1. The lowest BCUT2D eigenvalue weighted by Crippen LogP contribution is -2.31. The van der Waals surface area contributed by atoms with Gasteiger partial charge in [-0.25, -0.2) is 0 Å². The van der Waals surface area contributed by atoms with Gasteiger partial charge in [0.15, 0.2) is 0 Å². The Bertz CT molecular complexity index is 1380. The number of nitriles is 1. The van der Waals surface area contributed by atoms with Crippen LogP contribution < -0.4 is 16.0 Å². The molecular formula is C29H28N4O3S. The topological polar surface area (TPSA) is 107 Å². The summed E-state index contributed by atoms with van der Waals surface area (Å²) in [6, 6.07) is 21.2. The zero-order valence-electron chi connectivity index (χ0n) is 20.9. The fourth-order valence-electron chi connectivity index (χ4n) is 4.25. The van der Waals surface area contributed by atoms with E-state index in [1.54, 1.807) is 19.1 Å². The molecule has 3 aromatic rings. The predicted molar refractivity (Wildman–Crippen MR) is 145 cm³/mol. The van der Waals surface area contributed by atoms with E-state index >= 15 is 0 Å². The van der Waals surface area contributed by atoms with Crippen LogP contribution in [0.5, 0.6) is 0 Å². The van der Waals surface area contributed by atoms with Crippen LogP contribution in [-0.4, -0.2) is 17.6 Å². The van der Waals surface area contributed by atoms with Crippen LogP contribution in [0, 0.1) is 25.2 Å². The molecule has 7 nitrogen and oxygen atoms in total. The Balaban J connectivity index is 1.56. The van der Waals surface area contributed by atoms with Crippen molar-refractivity contribution in [2.45, 2.75) is 33.2 Å². The molecule has 3 N–H and O–H groups in total. The van der Waals surface area contributed by atoms with E-state index in [1.165, 1.54) is 18.0 Å². The number of allylic oxidation sites excluding steroid dienone is 2. The number of carbonyl (C=O) groups excluding carboxylic acids is 2. The van der Waals surface area contributed by atoms with E-state index in [2.05, 4.69) is 22.0 Å². The number of amides is 2. The monoisotopic (exact) mass is 512 g/mol. The van der Waals surface area contributed by atoms with Gasteiger partial charge in [0.2, 0.25) is 5.91 Å². The fraction of sp³-hybridized carbons (Fsp3) is 0.207. The summed E-state index contributed by atoms with van der Waals surface area (Å²) in [5.74, 6) is -0.588. The van der Waals surface area contributed by atoms with Gasteiger partial charge in [0.05, 0.1) is 40.2 Å². The van der Waals surface area contributed by atoms with Gasteiger partial charge in [-0.15, -0.1) is 0 Å². The highest BCUT2D eigenvalue weighted by molar-refractivity contribution is 8.03. The van der Waals surface area contributed by atoms with Gasteiger partial charge in [0.1, 0.15) is 5.76 Å². The van der Waals surface area contributed by atoms with Crippen LogP contribution in [0.3, 0.4) is 0 Å². The summed E-state index contributed by atoms with van der Waals surface area (Å²) in [6.07, 6.45) is 1.52. The van der Waals surface area contributed by atoms with Crippen molar-refractivity contribution in [1.29, 1.82) is 5.26 Å². The van der Waals surface area contributed by atoms with Crippen molar-refractivity contribution in [3.8, 4) is 6.07 Å². The first-order chi connectivity index (χ1) is 17.9. The van der Waals surface area contributed by atoms with Crippen molar-refractivity contribution in [2.24, 2.45) is 0 Å². The van der Waals surface area contributed by atoms with Crippen LogP contribution in [0.15, 0.2) is 93.2 Å². The summed E-state index contributed by atoms with van der Waals surface area (Å²) in [5.41, 5.74) is 4.95. The Morgan fingerprint density at radius 1 is 1.03 bits per heavy atom. The van der Waals surface area contributed by atoms with Gasteiger partial charge in [-0.3, -0.25) is 9.59 Å². The molecule has 2 amide bonds. The zero-order valence-corrected chi connectivity index (χ0v) is 21.7. The zero-order chi connectivity index (χ0) is 26.4. The van der Waals surface area contributed by atoms with E-state index in [9.17, 15) is 14.9 Å². The second-order valence-corrected chi connectivity index (χ2v) is 9.72. The van der Waals surface area contributed by atoms with Gasteiger partial charge < -0.3 is 20.4 Å². The first-order valence-electron chi connectivity index (χ1n) is 11.9. The van der Waals surface area contributed by atoms with Crippen LogP contribution in [-0.2, 0) is 16.1 Å². The highest BCUT2D eigenvalue weighted by Gasteiger charge is 2.36. The average Bonchev–Trinajstić information content (AvgIpc) is 3.43. The maximum Gasteiger partial charge on any atom is 0.254 e. The lowest BCUT2D eigenvalue weighted by molar-refractivity contribution is -0.118. The Morgan fingerprint density at radius 3 is 2.41 bits per heavy atom. The van der Waals surface area contributed by atoms with E-state index in [-0.39, 0.29) is 17.6 Å². The van der Waals surface area contributed by atoms with E-state index in [0.717, 1.165) is 22.4 Å². The molecule has 188 valence electrons. The molecule has 37 heavy (non-hydrogen) atoms. The van der Waals surface area contributed by atoms with E-state index < -0.39 is 5.92 Å². The molecule has 0 fully saturated rings. The second-order valence-electron chi connectivity index (χ2n) is 8.74. The average molecular weight is 513 g/mol. The normalized spacial score (nSPS) is 15.1. The van der Waals surface area contributed by atoms with Crippen LogP contribution in [0.25, 0.3) is 0 Å². The summed E-state index contributed by atoms with van der Waals surface area (Å²) in [4.78, 5) is 26.1. The number of benzene rings is 2. The van der Waals surface area contributed by atoms with Crippen LogP contribution in [0.2, 0.25) is 0 Å². The van der Waals surface area contributed by atoms with Crippen molar-refractivity contribution in [1.82, 2.24) is 10.6 Å². The van der Waals surface area contributed by atoms with Crippen LogP contribution >= 0.6 is 11.8 Å². The molecule has 2 aromatic carbocycles. The number of rotatable bonds is 8. The number of furan rings is 1. The number of nitrogens with zero attached hydrogens (tertiary/aromatic N) is 1. The molecule has 1 atom stereocenters. The smallest absolute Gasteiger partial charge is 0.254 e. The standard InChI is InChI=1S/C29H28N4O3S/c1-18-9-7-10-19(2)27(18)33-28(35)25-20(3)32-29(22(15-30)26(25)23-13-8-14-36-23)37-17-24(34)31-16-21-11-5-4-6-12-21/h4-14,26,32H,16-17H2,1-3H3,(H,31,34)(H,33,35). The van der Waals surface area contributed by atoms with Crippen molar-refractivity contribution in [3.63, 3.8) is 0 Å². The summed E-state index contributed by atoms with van der Waals surface area (Å²) in [6.45, 7) is 6.09. The fourth-order valence-corrected chi connectivity index (χ4v) is 5.17. The molecule has 1 aliphatic rings. The summed E-state index contributed by atoms with van der Waals surface area (Å²) >= 11 is 1.23. The number of carbonyl (C=O) groups is 2. The second kappa shape index (κ2) is 11.7. The van der Waals surface area contributed by atoms with Gasteiger partial charge in [-0.05, 0) is 49.6 Å². The Kier molecular flexibility index (Phi) is 8.16. The quantitative estimate of drug-likeness (QED) is 0.379. The Hall–Kier alpha value is -4.22. The minimum atomic E-state index is -0.708. The maximum atomic E-state index is 13.6. The third kappa shape index (κ3) is 5.96. The number of para-hydroxylation sites is 1. The van der Waals surface area contributed by atoms with Crippen molar-refractivity contribution in [3.05, 3.63) is 111 Å². The summed E-state index contributed by atoms with van der Waals surface area (Å²) < 4.78 is 5.68. The highest BCUT2D eigenvalue weighted by atomic mass is 32.2. The Morgan fingerprint density at radius 2 is 1.76 bits per heavy atom. The van der Waals surface area contributed by atoms with Gasteiger partial charge >= 0.3 is 0 Å². The highest BCUT2D eigenvalue weighted by Crippen LogP contribution is 2.41. The first-order valence-corrected chi connectivity index (χ1v) is 12.8. The molecule has 8 heteroatoms.